The Morgan fingerprint density at radius 3 is 3.00 bits per heavy atom. The highest BCUT2D eigenvalue weighted by Crippen LogP contribution is 2.27. The SMILES string of the molecule is N=C1N=CC(Br)=C2N=CC=CC12. The number of amidine groups is 1. The van der Waals surface area contributed by atoms with E-state index in [1.165, 1.54) is 0 Å². The number of nitrogens with zero attached hydrogens (tertiary/aromatic N) is 2. The van der Waals surface area contributed by atoms with Gasteiger partial charge in [0.15, 0.2) is 0 Å². The van der Waals surface area contributed by atoms with Gasteiger partial charge in [0, 0.05) is 12.4 Å². The molecule has 0 aromatic carbocycles. The van der Waals surface area contributed by atoms with E-state index < -0.39 is 0 Å². The van der Waals surface area contributed by atoms with Crippen LogP contribution in [0.5, 0.6) is 0 Å². The largest absolute Gasteiger partial charge is 0.286 e. The molecule has 0 spiro atoms. The summed E-state index contributed by atoms with van der Waals surface area (Å²) in [7, 11) is 0. The van der Waals surface area contributed by atoms with Crippen molar-refractivity contribution in [3.8, 4) is 0 Å². The molecule has 0 aromatic heterocycles. The molecule has 0 saturated carbocycles. The van der Waals surface area contributed by atoms with Crippen LogP contribution in [0.4, 0.5) is 0 Å². The van der Waals surface area contributed by atoms with Crippen molar-refractivity contribution in [3.63, 3.8) is 0 Å². The summed E-state index contributed by atoms with van der Waals surface area (Å²) < 4.78 is 0.865. The van der Waals surface area contributed by atoms with Gasteiger partial charge in [-0.2, -0.15) is 0 Å². The van der Waals surface area contributed by atoms with E-state index >= 15 is 0 Å². The number of hydrogen-bond acceptors (Lipinski definition) is 2. The van der Waals surface area contributed by atoms with Crippen LogP contribution >= 0.6 is 15.9 Å². The molecule has 2 rings (SSSR count). The standard InChI is InChI=1S/C8H6BrN3/c9-6-4-12-8(10)5-2-1-3-11-7(5)6/h1-5,10H. The summed E-state index contributed by atoms with van der Waals surface area (Å²) in [5, 5.41) is 7.53. The van der Waals surface area contributed by atoms with Crippen molar-refractivity contribution in [3.05, 3.63) is 22.3 Å². The molecule has 0 fully saturated rings. The van der Waals surface area contributed by atoms with Crippen LogP contribution in [0, 0.1) is 11.3 Å². The molecule has 1 N–H and O–H groups in total. The summed E-state index contributed by atoms with van der Waals surface area (Å²) in [6.07, 6.45) is 7.09. The van der Waals surface area contributed by atoms with E-state index in [4.69, 9.17) is 5.41 Å². The summed E-state index contributed by atoms with van der Waals surface area (Å²) in [6, 6.07) is 0. The van der Waals surface area contributed by atoms with Gasteiger partial charge in [0.2, 0.25) is 0 Å². The first-order valence-electron chi connectivity index (χ1n) is 3.52. The van der Waals surface area contributed by atoms with Crippen LogP contribution in [0.15, 0.2) is 32.3 Å². The number of fused-ring (bicyclic) bond motifs is 1. The third-order valence-electron chi connectivity index (χ3n) is 1.75. The molecule has 0 amide bonds. The van der Waals surface area contributed by atoms with Gasteiger partial charge in [-0.3, -0.25) is 10.4 Å². The number of hydrogen-bond donors (Lipinski definition) is 1. The summed E-state index contributed by atoms with van der Waals surface area (Å²) in [5.74, 6) is 0.288. The van der Waals surface area contributed by atoms with Crippen molar-refractivity contribution in [1.82, 2.24) is 0 Å². The maximum Gasteiger partial charge on any atom is 0.133 e. The Hall–Kier alpha value is -1.03. The highest BCUT2D eigenvalue weighted by atomic mass is 79.9. The van der Waals surface area contributed by atoms with Crippen LogP contribution in [0.25, 0.3) is 0 Å². The summed E-state index contributed by atoms with van der Waals surface area (Å²) in [4.78, 5) is 8.10. The van der Waals surface area contributed by atoms with E-state index in [0.29, 0.717) is 5.84 Å². The van der Waals surface area contributed by atoms with Crippen LogP contribution in [-0.2, 0) is 0 Å². The van der Waals surface area contributed by atoms with Crippen molar-refractivity contribution in [2.24, 2.45) is 15.9 Å². The first-order chi connectivity index (χ1) is 5.79. The lowest BCUT2D eigenvalue weighted by Gasteiger charge is -2.18. The highest BCUT2D eigenvalue weighted by Gasteiger charge is 2.22. The van der Waals surface area contributed by atoms with Gasteiger partial charge in [0.05, 0.1) is 16.1 Å². The molecule has 60 valence electrons. The minimum atomic E-state index is -0.0608. The van der Waals surface area contributed by atoms with Crippen molar-refractivity contribution < 1.29 is 0 Å². The second-order valence-electron chi connectivity index (χ2n) is 2.52. The number of dihydropyridines is 2. The van der Waals surface area contributed by atoms with Gasteiger partial charge in [-0.1, -0.05) is 6.08 Å². The lowest BCUT2D eigenvalue weighted by Crippen LogP contribution is -2.18. The van der Waals surface area contributed by atoms with Crippen LogP contribution < -0.4 is 0 Å². The number of nitrogens with one attached hydrogen (secondary N) is 1. The maximum atomic E-state index is 7.53. The van der Waals surface area contributed by atoms with Gasteiger partial charge in [-0.25, -0.2) is 4.99 Å². The molecular formula is C8H6BrN3. The molecule has 0 radical (unpaired) electrons. The molecular weight excluding hydrogens is 218 g/mol. The third-order valence-corrected chi connectivity index (χ3v) is 2.37. The highest BCUT2D eigenvalue weighted by molar-refractivity contribution is 9.12. The van der Waals surface area contributed by atoms with E-state index in [2.05, 4.69) is 25.9 Å². The van der Waals surface area contributed by atoms with E-state index in [1.807, 2.05) is 12.2 Å². The normalized spacial score (nSPS) is 26.4. The molecule has 2 heterocycles. The van der Waals surface area contributed by atoms with Crippen molar-refractivity contribution >= 4 is 34.2 Å². The Labute approximate surface area is 78.2 Å². The molecule has 12 heavy (non-hydrogen) atoms. The van der Waals surface area contributed by atoms with Crippen molar-refractivity contribution in [1.29, 1.82) is 5.41 Å². The lowest BCUT2D eigenvalue weighted by molar-refractivity contribution is 0.957. The Morgan fingerprint density at radius 1 is 1.42 bits per heavy atom. The number of rotatable bonds is 0. The molecule has 0 aliphatic carbocycles. The zero-order valence-corrected chi connectivity index (χ0v) is 7.75. The van der Waals surface area contributed by atoms with Gasteiger partial charge >= 0.3 is 0 Å². The Balaban J connectivity index is 2.51. The smallest absolute Gasteiger partial charge is 0.133 e. The van der Waals surface area contributed by atoms with E-state index in [-0.39, 0.29) is 5.92 Å². The zero-order chi connectivity index (χ0) is 8.55. The van der Waals surface area contributed by atoms with Crippen LogP contribution in [0.2, 0.25) is 0 Å². The first kappa shape index (κ1) is 7.61. The predicted molar refractivity (Wildman–Crippen MR) is 53.3 cm³/mol. The van der Waals surface area contributed by atoms with Gasteiger partial charge in [-0.15, -0.1) is 0 Å². The van der Waals surface area contributed by atoms with Gasteiger partial charge < -0.3 is 0 Å². The van der Waals surface area contributed by atoms with Crippen molar-refractivity contribution in [2.75, 3.05) is 0 Å². The quantitative estimate of drug-likeness (QED) is 0.653. The van der Waals surface area contributed by atoms with Crippen LogP contribution in [0.1, 0.15) is 0 Å². The molecule has 1 unspecified atom stereocenters. The van der Waals surface area contributed by atoms with Crippen LogP contribution in [0.3, 0.4) is 0 Å². The van der Waals surface area contributed by atoms with Gasteiger partial charge in [-0.05, 0) is 22.0 Å². The topological polar surface area (TPSA) is 48.6 Å². The number of halogens is 1. The lowest BCUT2D eigenvalue weighted by atomic mass is 10.0. The van der Waals surface area contributed by atoms with E-state index in [0.717, 1.165) is 10.2 Å². The fraction of sp³-hybridized carbons (Fsp3) is 0.125. The van der Waals surface area contributed by atoms with E-state index in [9.17, 15) is 0 Å². The molecule has 2 aliphatic heterocycles. The minimum absolute atomic E-state index is 0.0608. The summed E-state index contributed by atoms with van der Waals surface area (Å²) >= 11 is 3.34. The predicted octanol–water partition coefficient (Wildman–Crippen LogP) is 1.91. The number of allylic oxidation sites excluding steroid dienone is 2. The maximum absolute atomic E-state index is 7.53. The number of aliphatic imine (C=N–C) groups is 2. The first-order valence-corrected chi connectivity index (χ1v) is 4.31. The molecule has 0 bridgehead atoms. The van der Waals surface area contributed by atoms with E-state index in [1.54, 1.807) is 12.4 Å². The molecule has 1 atom stereocenters. The Morgan fingerprint density at radius 2 is 2.25 bits per heavy atom. The second kappa shape index (κ2) is 2.79. The summed E-state index contributed by atoms with van der Waals surface area (Å²) in [5.41, 5.74) is 0.873. The average Bonchev–Trinajstić information content (AvgIpc) is 2.12. The third kappa shape index (κ3) is 1.08. The van der Waals surface area contributed by atoms with Gasteiger partial charge in [0.25, 0.3) is 0 Å². The molecule has 2 aliphatic rings. The second-order valence-corrected chi connectivity index (χ2v) is 3.37. The molecule has 0 aromatic rings. The molecule has 3 nitrogen and oxygen atoms in total. The average molecular weight is 224 g/mol. The fourth-order valence-corrected chi connectivity index (χ4v) is 1.61. The van der Waals surface area contributed by atoms with Crippen LogP contribution in [-0.4, -0.2) is 18.3 Å². The molecule has 0 saturated heterocycles. The van der Waals surface area contributed by atoms with Crippen molar-refractivity contribution in [2.45, 2.75) is 0 Å². The zero-order valence-electron chi connectivity index (χ0n) is 6.16. The fourth-order valence-electron chi connectivity index (χ4n) is 1.16. The summed E-state index contributed by atoms with van der Waals surface area (Å²) in [6.45, 7) is 0. The minimum Gasteiger partial charge on any atom is -0.286 e. The Kier molecular flexibility index (Phi) is 1.77. The Bertz CT molecular complexity index is 349. The van der Waals surface area contributed by atoms with Gasteiger partial charge in [0.1, 0.15) is 5.84 Å². The monoisotopic (exact) mass is 223 g/mol. The molecule has 4 heteroatoms.